The van der Waals surface area contributed by atoms with Gasteiger partial charge in [0.15, 0.2) is 12.4 Å². The molecule has 0 N–H and O–H groups in total. The molecule has 6 nitrogen and oxygen atoms in total. The van der Waals surface area contributed by atoms with Gasteiger partial charge in [0.25, 0.3) is 0 Å². The molecule has 0 radical (unpaired) electrons. The summed E-state index contributed by atoms with van der Waals surface area (Å²) in [5, 5.41) is 11.5. The van der Waals surface area contributed by atoms with Gasteiger partial charge in [-0.05, 0) is 53.7 Å². The molecule has 0 unspecified atom stereocenters. The van der Waals surface area contributed by atoms with Crippen molar-refractivity contribution in [3.05, 3.63) is 71.3 Å². The average molecular weight is 312 g/mol. The van der Waals surface area contributed by atoms with Gasteiger partial charge in [0.05, 0.1) is 7.05 Å². The molecule has 3 rings (SSSR count). The van der Waals surface area contributed by atoms with E-state index in [1.807, 2.05) is 0 Å². The topological polar surface area (TPSA) is 69.9 Å². The van der Waals surface area contributed by atoms with Gasteiger partial charge in [-0.3, -0.25) is 4.79 Å². The molecule has 0 aliphatic heterocycles. The molecular formula is C16H13FN4O2. The van der Waals surface area contributed by atoms with E-state index in [1.54, 1.807) is 31.3 Å². The first-order chi connectivity index (χ1) is 11.1. The third kappa shape index (κ3) is 3.57. The van der Waals surface area contributed by atoms with Gasteiger partial charge < -0.3 is 4.74 Å². The van der Waals surface area contributed by atoms with Crippen LogP contribution in [0.25, 0.3) is 0 Å². The minimum absolute atomic E-state index is 0.174. The molecule has 1 heterocycles. The first-order valence-corrected chi connectivity index (χ1v) is 6.88. The summed E-state index contributed by atoms with van der Waals surface area (Å²) < 4.78 is 18.4. The molecule has 0 aliphatic carbocycles. The zero-order valence-electron chi connectivity index (χ0n) is 12.3. The van der Waals surface area contributed by atoms with Crippen molar-refractivity contribution >= 4 is 5.78 Å². The summed E-state index contributed by atoms with van der Waals surface area (Å²) in [6.07, 6.45) is 0. The molecule has 0 fully saturated rings. The maximum absolute atomic E-state index is 12.9. The fraction of sp³-hybridized carbons (Fsp3) is 0.125. The standard InChI is InChI=1S/C16H13FN4O2/c1-21-19-15(18-20-21)10-23-14-8-4-12(5-9-14)16(22)11-2-6-13(17)7-3-11/h2-9H,10H2,1H3. The molecule has 1 aromatic heterocycles. The van der Waals surface area contributed by atoms with Gasteiger partial charge in [-0.25, -0.2) is 4.39 Å². The van der Waals surface area contributed by atoms with E-state index < -0.39 is 0 Å². The van der Waals surface area contributed by atoms with E-state index in [0.717, 1.165) is 0 Å². The largest absolute Gasteiger partial charge is 0.485 e. The number of hydrogen-bond acceptors (Lipinski definition) is 5. The highest BCUT2D eigenvalue weighted by molar-refractivity contribution is 6.08. The van der Waals surface area contributed by atoms with Crippen LogP contribution in [0.2, 0.25) is 0 Å². The minimum atomic E-state index is -0.372. The van der Waals surface area contributed by atoms with Gasteiger partial charge in [-0.1, -0.05) is 0 Å². The lowest BCUT2D eigenvalue weighted by Gasteiger charge is -2.05. The summed E-state index contributed by atoms with van der Waals surface area (Å²) in [7, 11) is 1.67. The van der Waals surface area contributed by atoms with E-state index in [2.05, 4.69) is 15.4 Å². The Labute approximate surface area is 131 Å². The van der Waals surface area contributed by atoms with E-state index in [9.17, 15) is 9.18 Å². The highest BCUT2D eigenvalue weighted by Gasteiger charge is 2.09. The van der Waals surface area contributed by atoms with Crippen molar-refractivity contribution in [2.24, 2.45) is 7.05 Å². The number of carbonyl (C=O) groups excluding carboxylic acids is 1. The smallest absolute Gasteiger partial charge is 0.212 e. The predicted octanol–water partition coefficient (Wildman–Crippen LogP) is 2.16. The predicted molar refractivity (Wildman–Crippen MR) is 79.4 cm³/mol. The first-order valence-electron chi connectivity index (χ1n) is 6.88. The minimum Gasteiger partial charge on any atom is -0.485 e. The monoisotopic (exact) mass is 312 g/mol. The zero-order chi connectivity index (χ0) is 16.2. The number of tetrazole rings is 1. The number of rotatable bonds is 5. The zero-order valence-corrected chi connectivity index (χ0v) is 12.3. The van der Waals surface area contributed by atoms with Crippen molar-refractivity contribution in [2.75, 3.05) is 0 Å². The number of aryl methyl sites for hydroxylation is 1. The van der Waals surface area contributed by atoms with Crippen LogP contribution in [0.4, 0.5) is 4.39 Å². The molecular weight excluding hydrogens is 299 g/mol. The van der Waals surface area contributed by atoms with Crippen LogP contribution in [0.3, 0.4) is 0 Å². The fourth-order valence-electron chi connectivity index (χ4n) is 2.00. The normalized spacial score (nSPS) is 10.5. The Bertz CT molecular complexity index is 813. The SMILES string of the molecule is Cn1nnc(COc2ccc(C(=O)c3ccc(F)cc3)cc2)n1. The van der Waals surface area contributed by atoms with Gasteiger partial charge in [-0.2, -0.15) is 4.80 Å². The highest BCUT2D eigenvalue weighted by atomic mass is 19.1. The summed E-state index contributed by atoms with van der Waals surface area (Å²) in [5.41, 5.74) is 0.936. The second-order valence-electron chi connectivity index (χ2n) is 4.84. The summed E-state index contributed by atoms with van der Waals surface area (Å²) in [6, 6.07) is 12.1. The van der Waals surface area contributed by atoms with E-state index >= 15 is 0 Å². The maximum atomic E-state index is 12.9. The molecule has 23 heavy (non-hydrogen) atoms. The average Bonchev–Trinajstić information content (AvgIpc) is 2.99. The number of halogens is 1. The number of ketones is 1. The van der Waals surface area contributed by atoms with Gasteiger partial charge in [0, 0.05) is 11.1 Å². The van der Waals surface area contributed by atoms with E-state index in [1.165, 1.54) is 29.1 Å². The molecule has 0 bridgehead atoms. The Morgan fingerprint density at radius 2 is 1.70 bits per heavy atom. The molecule has 2 aromatic carbocycles. The van der Waals surface area contributed by atoms with Crippen LogP contribution < -0.4 is 4.74 Å². The quantitative estimate of drug-likeness (QED) is 0.675. The van der Waals surface area contributed by atoms with E-state index in [0.29, 0.717) is 22.7 Å². The number of ether oxygens (including phenoxy) is 1. The molecule has 7 heteroatoms. The molecule has 0 amide bonds. The second kappa shape index (κ2) is 6.35. The molecule has 0 spiro atoms. The second-order valence-corrected chi connectivity index (χ2v) is 4.84. The first kappa shape index (κ1) is 14.8. The van der Waals surface area contributed by atoms with Crippen molar-refractivity contribution in [2.45, 2.75) is 6.61 Å². The molecule has 0 atom stereocenters. The van der Waals surface area contributed by atoms with Gasteiger partial charge in [0.2, 0.25) is 5.82 Å². The van der Waals surface area contributed by atoms with Gasteiger partial charge in [0.1, 0.15) is 11.6 Å². The Balaban J connectivity index is 1.66. The lowest BCUT2D eigenvalue weighted by molar-refractivity contribution is 0.103. The number of hydrogen-bond donors (Lipinski definition) is 0. The molecule has 3 aromatic rings. The van der Waals surface area contributed by atoms with Crippen LogP contribution in [0.1, 0.15) is 21.7 Å². The number of aromatic nitrogens is 4. The molecule has 0 saturated heterocycles. The molecule has 0 saturated carbocycles. The van der Waals surface area contributed by atoms with Crippen LogP contribution in [0.5, 0.6) is 5.75 Å². The summed E-state index contributed by atoms with van der Waals surface area (Å²) in [5.74, 6) is 0.516. The summed E-state index contributed by atoms with van der Waals surface area (Å²) in [6.45, 7) is 0.194. The highest BCUT2D eigenvalue weighted by Crippen LogP contribution is 2.16. The van der Waals surface area contributed by atoms with E-state index in [-0.39, 0.29) is 18.2 Å². The third-order valence-electron chi connectivity index (χ3n) is 3.14. The number of carbonyl (C=O) groups is 1. The van der Waals surface area contributed by atoms with Crippen LogP contribution in [0.15, 0.2) is 48.5 Å². The van der Waals surface area contributed by atoms with Crippen LogP contribution >= 0.6 is 0 Å². The van der Waals surface area contributed by atoms with Crippen molar-refractivity contribution < 1.29 is 13.9 Å². The Kier molecular flexibility index (Phi) is 4.09. The van der Waals surface area contributed by atoms with Gasteiger partial charge in [-0.15, -0.1) is 10.2 Å². The van der Waals surface area contributed by atoms with E-state index in [4.69, 9.17) is 4.74 Å². The Morgan fingerprint density at radius 1 is 1.09 bits per heavy atom. The summed E-state index contributed by atoms with van der Waals surface area (Å²) in [4.78, 5) is 13.6. The van der Waals surface area contributed by atoms with Crippen molar-refractivity contribution in [3.8, 4) is 5.75 Å². The lowest BCUT2D eigenvalue weighted by atomic mass is 10.0. The van der Waals surface area contributed by atoms with Crippen molar-refractivity contribution in [1.82, 2.24) is 20.2 Å². The molecule has 116 valence electrons. The third-order valence-corrected chi connectivity index (χ3v) is 3.14. The van der Waals surface area contributed by atoms with Gasteiger partial charge >= 0.3 is 0 Å². The number of benzene rings is 2. The van der Waals surface area contributed by atoms with Crippen LogP contribution in [-0.4, -0.2) is 26.0 Å². The Hall–Kier alpha value is -3.09. The molecule has 0 aliphatic rings. The Morgan fingerprint density at radius 3 is 2.26 bits per heavy atom. The lowest BCUT2D eigenvalue weighted by Crippen LogP contribution is -2.02. The van der Waals surface area contributed by atoms with Crippen molar-refractivity contribution in [3.63, 3.8) is 0 Å². The number of nitrogens with zero attached hydrogens (tertiary/aromatic N) is 4. The fourth-order valence-corrected chi connectivity index (χ4v) is 2.00. The maximum Gasteiger partial charge on any atom is 0.212 e. The van der Waals surface area contributed by atoms with Crippen molar-refractivity contribution in [1.29, 1.82) is 0 Å². The van der Waals surface area contributed by atoms with Crippen LogP contribution in [0, 0.1) is 5.82 Å². The van der Waals surface area contributed by atoms with Crippen LogP contribution in [-0.2, 0) is 13.7 Å². The summed E-state index contributed by atoms with van der Waals surface area (Å²) >= 11 is 0.